The van der Waals surface area contributed by atoms with E-state index < -0.39 is 5.97 Å². The van der Waals surface area contributed by atoms with Crippen LogP contribution in [0, 0.1) is 6.92 Å². The van der Waals surface area contributed by atoms with Crippen LogP contribution >= 0.6 is 11.6 Å². The Morgan fingerprint density at radius 1 is 1.07 bits per heavy atom. The number of nitrogens with one attached hydrogen (secondary N) is 1. The van der Waals surface area contributed by atoms with Crippen LogP contribution in [0.3, 0.4) is 0 Å². The maximum atomic E-state index is 11.9. The van der Waals surface area contributed by atoms with Crippen molar-refractivity contribution >= 4 is 23.5 Å². The van der Waals surface area contributed by atoms with Crippen molar-refractivity contribution in [3.63, 3.8) is 0 Å². The fourth-order valence-corrected chi connectivity index (χ4v) is 2.74. The van der Waals surface area contributed by atoms with Crippen molar-refractivity contribution in [2.24, 2.45) is 0 Å². The second-order valence-corrected chi connectivity index (χ2v) is 7.31. The molecule has 150 valence electrons. The summed E-state index contributed by atoms with van der Waals surface area (Å²) in [6, 6.07) is 13.3. The van der Waals surface area contributed by atoms with Crippen LogP contribution in [0.2, 0.25) is 5.02 Å². The summed E-state index contributed by atoms with van der Waals surface area (Å²) in [6.45, 7) is 5.97. The average Bonchev–Trinajstić information content (AvgIpc) is 2.66. The second-order valence-electron chi connectivity index (χ2n) is 6.87. The van der Waals surface area contributed by atoms with E-state index in [0.717, 1.165) is 16.7 Å². The van der Waals surface area contributed by atoms with E-state index in [9.17, 15) is 9.59 Å². The zero-order valence-electron chi connectivity index (χ0n) is 16.5. The average molecular weight is 404 g/mol. The van der Waals surface area contributed by atoms with Crippen LogP contribution < -0.4 is 10.1 Å². The number of hydrogen-bond acceptors (Lipinski definition) is 4. The molecular weight excluding hydrogens is 378 g/mol. The van der Waals surface area contributed by atoms with Crippen molar-refractivity contribution in [3.05, 3.63) is 64.2 Å². The standard InChI is InChI=1S/C22H26ClNO4/c1-15(2)19-9-4-16(3)12-20(19)27-14-22(26)28-13-21(25)24-11-10-17-5-7-18(23)8-6-17/h4-9,12,15H,10-11,13-14H2,1-3H3,(H,24,25). The molecule has 28 heavy (non-hydrogen) atoms. The smallest absolute Gasteiger partial charge is 0.344 e. The molecule has 5 nitrogen and oxygen atoms in total. The molecule has 0 heterocycles. The summed E-state index contributed by atoms with van der Waals surface area (Å²) >= 11 is 5.84. The Labute approximate surface area is 171 Å². The molecule has 0 radical (unpaired) electrons. The summed E-state index contributed by atoms with van der Waals surface area (Å²) in [4.78, 5) is 23.7. The van der Waals surface area contributed by atoms with Gasteiger partial charge in [-0.15, -0.1) is 0 Å². The van der Waals surface area contributed by atoms with Gasteiger partial charge < -0.3 is 14.8 Å². The molecule has 0 fully saturated rings. The van der Waals surface area contributed by atoms with Gasteiger partial charge in [0.2, 0.25) is 0 Å². The van der Waals surface area contributed by atoms with E-state index in [1.54, 1.807) is 12.1 Å². The third-order valence-electron chi connectivity index (χ3n) is 4.15. The first-order valence-corrected chi connectivity index (χ1v) is 9.63. The van der Waals surface area contributed by atoms with E-state index in [1.807, 2.05) is 37.3 Å². The van der Waals surface area contributed by atoms with Crippen molar-refractivity contribution in [3.8, 4) is 5.75 Å². The van der Waals surface area contributed by atoms with E-state index >= 15 is 0 Å². The lowest BCUT2D eigenvalue weighted by Gasteiger charge is -2.14. The van der Waals surface area contributed by atoms with Gasteiger partial charge in [-0.2, -0.15) is 0 Å². The number of aryl methyl sites for hydroxylation is 1. The van der Waals surface area contributed by atoms with Crippen LogP contribution in [-0.4, -0.2) is 31.6 Å². The van der Waals surface area contributed by atoms with Crippen molar-refractivity contribution in [1.29, 1.82) is 0 Å². The summed E-state index contributed by atoms with van der Waals surface area (Å²) in [5.41, 5.74) is 3.14. The Balaban J connectivity index is 1.70. The molecule has 2 aromatic rings. The van der Waals surface area contributed by atoms with Crippen LogP contribution in [0.15, 0.2) is 42.5 Å². The molecule has 0 spiro atoms. The highest BCUT2D eigenvalue weighted by molar-refractivity contribution is 6.30. The third kappa shape index (κ3) is 7.24. The molecule has 0 saturated heterocycles. The Kier molecular flexibility index (Phi) is 8.33. The number of carbonyl (C=O) groups excluding carboxylic acids is 2. The number of hydrogen-bond donors (Lipinski definition) is 1. The molecule has 0 aliphatic heterocycles. The predicted molar refractivity (Wildman–Crippen MR) is 110 cm³/mol. The largest absolute Gasteiger partial charge is 0.482 e. The van der Waals surface area contributed by atoms with Gasteiger partial charge in [0.1, 0.15) is 5.75 Å². The normalized spacial score (nSPS) is 10.6. The molecule has 1 amide bonds. The molecule has 2 aromatic carbocycles. The first-order chi connectivity index (χ1) is 13.3. The first kappa shape index (κ1) is 21.8. The minimum atomic E-state index is -0.580. The molecule has 0 aliphatic carbocycles. The minimum absolute atomic E-state index is 0.235. The predicted octanol–water partition coefficient (Wildman–Crippen LogP) is 4.05. The SMILES string of the molecule is Cc1ccc(C(C)C)c(OCC(=O)OCC(=O)NCCc2ccc(Cl)cc2)c1. The number of amides is 1. The summed E-state index contributed by atoms with van der Waals surface area (Å²) in [6.07, 6.45) is 0.672. The van der Waals surface area contributed by atoms with E-state index in [0.29, 0.717) is 23.7 Å². The lowest BCUT2D eigenvalue weighted by molar-refractivity contribution is -0.150. The zero-order valence-corrected chi connectivity index (χ0v) is 17.2. The lowest BCUT2D eigenvalue weighted by atomic mass is 10.0. The number of esters is 1. The quantitative estimate of drug-likeness (QED) is 0.641. The number of rotatable bonds is 9. The number of halogens is 1. The highest BCUT2D eigenvalue weighted by atomic mass is 35.5. The Hall–Kier alpha value is -2.53. The summed E-state index contributed by atoms with van der Waals surface area (Å²) < 4.78 is 10.6. The van der Waals surface area contributed by atoms with Crippen molar-refractivity contribution < 1.29 is 19.1 Å². The molecule has 0 aliphatic rings. The van der Waals surface area contributed by atoms with Crippen molar-refractivity contribution in [2.75, 3.05) is 19.8 Å². The van der Waals surface area contributed by atoms with Gasteiger partial charge in [0, 0.05) is 11.6 Å². The Morgan fingerprint density at radius 2 is 1.79 bits per heavy atom. The minimum Gasteiger partial charge on any atom is -0.482 e. The van der Waals surface area contributed by atoms with Gasteiger partial charge in [-0.25, -0.2) is 4.79 Å². The van der Waals surface area contributed by atoms with Crippen LogP contribution in [0.25, 0.3) is 0 Å². The summed E-state index contributed by atoms with van der Waals surface area (Å²) in [5, 5.41) is 3.39. The van der Waals surface area contributed by atoms with Gasteiger partial charge >= 0.3 is 5.97 Å². The van der Waals surface area contributed by atoms with Gasteiger partial charge in [0.15, 0.2) is 13.2 Å². The molecular formula is C22H26ClNO4. The number of carbonyl (C=O) groups is 2. The maximum Gasteiger partial charge on any atom is 0.344 e. The van der Waals surface area contributed by atoms with Gasteiger partial charge in [0.05, 0.1) is 0 Å². The zero-order chi connectivity index (χ0) is 20.5. The van der Waals surface area contributed by atoms with Crippen LogP contribution in [0.4, 0.5) is 0 Å². The van der Waals surface area contributed by atoms with Gasteiger partial charge in [-0.05, 0) is 54.2 Å². The van der Waals surface area contributed by atoms with Crippen molar-refractivity contribution in [2.45, 2.75) is 33.1 Å². The lowest BCUT2D eigenvalue weighted by Crippen LogP contribution is -2.31. The van der Waals surface area contributed by atoms with E-state index in [2.05, 4.69) is 19.2 Å². The molecule has 0 saturated carbocycles. The summed E-state index contributed by atoms with van der Waals surface area (Å²) in [5.74, 6) is 0.0159. The maximum absolute atomic E-state index is 11.9. The molecule has 0 aromatic heterocycles. The van der Waals surface area contributed by atoms with Gasteiger partial charge in [-0.3, -0.25) is 4.79 Å². The molecule has 6 heteroatoms. The van der Waals surface area contributed by atoms with E-state index in [1.165, 1.54) is 0 Å². The van der Waals surface area contributed by atoms with Crippen LogP contribution in [0.5, 0.6) is 5.75 Å². The molecule has 2 rings (SSSR count). The van der Waals surface area contributed by atoms with E-state index in [-0.39, 0.29) is 25.0 Å². The summed E-state index contributed by atoms with van der Waals surface area (Å²) in [7, 11) is 0. The van der Waals surface area contributed by atoms with Gasteiger partial charge in [0.25, 0.3) is 5.91 Å². The second kappa shape index (κ2) is 10.7. The molecule has 0 bridgehead atoms. The van der Waals surface area contributed by atoms with Crippen LogP contribution in [0.1, 0.15) is 36.5 Å². The Morgan fingerprint density at radius 3 is 2.46 bits per heavy atom. The highest BCUT2D eigenvalue weighted by Crippen LogP contribution is 2.27. The third-order valence-corrected chi connectivity index (χ3v) is 4.40. The first-order valence-electron chi connectivity index (χ1n) is 9.25. The van der Waals surface area contributed by atoms with Gasteiger partial charge in [-0.1, -0.05) is 49.7 Å². The van der Waals surface area contributed by atoms with Crippen LogP contribution in [-0.2, 0) is 20.7 Å². The monoisotopic (exact) mass is 403 g/mol. The number of ether oxygens (including phenoxy) is 2. The Bertz CT molecular complexity index is 803. The van der Waals surface area contributed by atoms with Crippen molar-refractivity contribution in [1.82, 2.24) is 5.32 Å². The fourth-order valence-electron chi connectivity index (χ4n) is 2.62. The topological polar surface area (TPSA) is 64.6 Å². The highest BCUT2D eigenvalue weighted by Gasteiger charge is 2.12. The molecule has 0 unspecified atom stereocenters. The molecule has 0 atom stereocenters. The fraction of sp³-hybridized carbons (Fsp3) is 0.364. The van der Waals surface area contributed by atoms with E-state index in [4.69, 9.17) is 21.1 Å². The molecule has 1 N–H and O–H groups in total. The number of benzene rings is 2.